The van der Waals surface area contributed by atoms with E-state index in [1.165, 1.54) is 5.56 Å². The van der Waals surface area contributed by atoms with Crippen molar-refractivity contribution >= 4 is 28.4 Å². The molecule has 1 unspecified atom stereocenters. The van der Waals surface area contributed by atoms with Crippen LogP contribution >= 0.6 is 0 Å². The summed E-state index contributed by atoms with van der Waals surface area (Å²) in [5.41, 5.74) is 3.20. The largest absolute Gasteiger partial charge is 0.464 e. The second kappa shape index (κ2) is 5.62. The van der Waals surface area contributed by atoms with Crippen molar-refractivity contribution in [3.63, 3.8) is 0 Å². The van der Waals surface area contributed by atoms with E-state index in [9.17, 15) is 4.79 Å². The number of furan rings is 1. The van der Waals surface area contributed by atoms with E-state index >= 15 is 0 Å². The van der Waals surface area contributed by atoms with Gasteiger partial charge in [0.05, 0.1) is 17.6 Å². The molecular formula is C20H19N3O2. The third-order valence-electron chi connectivity index (χ3n) is 5.35. The fraction of sp³-hybridized carbons (Fsp3) is 0.300. The zero-order valence-electron chi connectivity index (χ0n) is 13.9. The molecule has 1 atom stereocenters. The van der Waals surface area contributed by atoms with E-state index in [-0.39, 0.29) is 11.8 Å². The number of pyridine rings is 1. The van der Waals surface area contributed by atoms with Crippen molar-refractivity contribution in [2.24, 2.45) is 5.92 Å². The first-order valence-corrected chi connectivity index (χ1v) is 8.78. The summed E-state index contributed by atoms with van der Waals surface area (Å²) in [6, 6.07) is 12.0. The average molecular weight is 333 g/mol. The van der Waals surface area contributed by atoms with Gasteiger partial charge in [0.15, 0.2) is 0 Å². The molecular weight excluding hydrogens is 314 g/mol. The predicted molar refractivity (Wildman–Crippen MR) is 96.8 cm³/mol. The van der Waals surface area contributed by atoms with Gasteiger partial charge < -0.3 is 14.2 Å². The number of benzene rings is 1. The van der Waals surface area contributed by atoms with Gasteiger partial charge >= 0.3 is 0 Å². The zero-order chi connectivity index (χ0) is 16.8. The summed E-state index contributed by atoms with van der Waals surface area (Å²) < 4.78 is 5.47. The normalized spacial score (nSPS) is 19.6. The Morgan fingerprint density at radius 3 is 3.04 bits per heavy atom. The number of para-hydroxylation sites is 1. The number of carbonyl (C=O) groups is 1. The lowest BCUT2D eigenvalue weighted by molar-refractivity contribution is -0.121. The van der Waals surface area contributed by atoms with Crippen LogP contribution in [0.2, 0.25) is 0 Å². The van der Waals surface area contributed by atoms with Crippen LogP contribution in [-0.4, -0.2) is 30.5 Å². The van der Waals surface area contributed by atoms with Crippen LogP contribution in [0, 0.1) is 5.92 Å². The van der Waals surface area contributed by atoms with Crippen molar-refractivity contribution in [1.29, 1.82) is 0 Å². The summed E-state index contributed by atoms with van der Waals surface area (Å²) in [7, 11) is 0. The molecule has 2 aliphatic rings. The molecule has 5 rings (SSSR count). The van der Waals surface area contributed by atoms with E-state index in [1.54, 1.807) is 12.5 Å². The highest BCUT2D eigenvalue weighted by Crippen LogP contribution is 2.33. The number of aromatic nitrogens is 1. The molecule has 2 aliphatic heterocycles. The maximum absolute atomic E-state index is 13.1. The van der Waals surface area contributed by atoms with Crippen molar-refractivity contribution in [2.45, 2.75) is 12.8 Å². The summed E-state index contributed by atoms with van der Waals surface area (Å²) in [5, 5.41) is 1.02. The summed E-state index contributed by atoms with van der Waals surface area (Å²) in [6.45, 7) is 2.36. The van der Waals surface area contributed by atoms with E-state index in [2.05, 4.69) is 22.0 Å². The Labute approximate surface area is 145 Å². The molecule has 2 aromatic heterocycles. The first-order chi connectivity index (χ1) is 12.3. The maximum atomic E-state index is 13.1. The molecule has 25 heavy (non-hydrogen) atoms. The van der Waals surface area contributed by atoms with Crippen LogP contribution in [0.25, 0.3) is 11.0 Å². The highest BCUT2D eigenvalue weighted by atomic mass is 16.3. The lowest BCUT2D eigenvalue weighted by Crippen LogP contribution is -2.36. The maximum Gasteiger partial charge on any atom is 0.231 e. The summed E-state index contributed by atoms with van der Waals surface area (Å²) in [6.07, 6.45) is 5.28. The minimum absolute atomic E-state index is 0.0233. The Morgan fingerprint density at radius 1 is 1.16 bits per heavy atom. The Kier molecular flexibility index (Phi) is 3.26. The fourth-order valence-corrected chi connectivity index (χ4v) is 4.07. The predicted octanol–water partition coefficient (Wildman–Crippen LogP) is 3.24. The highest BCUT2D eigenvalue weighted by molar-refractivity contribution is 5.98. The third kappa shape index (κ3) is 2.30. The molecule has 4 heterocycles. The summed E-state index contributed by atoms with van der Waals surface area (Å²) >= 11 is 0. The number of fused-ring (bicyclic) bond motifs is 2. The lowest BCUT2D eigenvalue weighted by atomic mass is 10.1. The van der Waals surface area contributed by atoms with Crippen LogP contribution in [-0.2, 0) is 11.2 Å². The summed E-state index contributed by atoms with van der Waals surface area (Å²) in [5.74, 6) is 1.19. The Bertz CT molecular complexity index is 949. The monoisotopic (exact) mass is 333 g/mol. The Hall–Kier alpha value is -2.82. The minimum Gasteiger partial charge on any atom is -0.464 e. The molecule has 1 saturated heterocycles. The smallest absolute Gasteiger partial charge is 0.231 e. The van der Waals surface area contributed by atoms with Gasteiger partial charge in [-0.2, -0.15) is 0 Å². The zero-order valence-corrected chi connectivity index (χ0v) is 13.9. The molecule has 5 heteroatoms. The van der Waals surface area contributed by atoms with Gasteiger partial charge in [0.25, 0.3) is 0 Å². The Morgan fingerprint density at radius 2 is 2.08 bits per heavy atom. The van der Waals surface area contributed by atoms with Gasteiger partial charge in [-0.1, -0.05) is 18.2 Å². The van der Waals surface area contributed by atoms with Gasteiger partial charge in [0, 0.05) is 31.5 Å². The van der Waals surface area contributed by atoms with E-state index in [0.29, 0.717) is 0 Å². The first kappa shape index (κ1) is 14.5. The molecule has 3 aromatic rings. The number of nitrogens with zero attached hydrogens (tertiary/aromatic N) is 3. The van der Waals surface area contributed by atoms with E-state index in [1.807, 2.05) is 29.2 Å². The molecule has 5 nitrogen and oxygen atoms in total. The van der Waals surface area contributed by atoms with E-state index < -0.39 is 0 Å². The second-order valence-electron chi connectivity index (χ2n) is 6.77. The van der Waals surface area contributed by atoms with Crippen LogP contribution in [0.3, 0.4) is 0 Å². The molecule has 0 aliphatic carbocycles. The van der Waals surface area contributed by atoms with Crippen LogP contribution < -0.4 is 9.80 Å². The lowest BCUT2D eigenvalue weighted by Gasteiger charge is -2.22. The fourth-order valence-electron chi connectivity index (χ4n) is 4.07. The van der Waals surface area contributed by atoms with Gasteiger partial charge in [-0.05, 0) is 36.6 Å². The number of anilines is 2. The van der Waals surface area contributed by atoms with Crippen molar-refractivity contribution in [1.82, 2.24) is 4.98 Å². The van der Waals surface area contributed by atoms with Crippen molar-refractivity contribution in [2.75, 3.05) is 29.4 Å². The molecule has 0 spiro atoms. The third-order valence-corrected chi connectivity index (χ3v) is 5.35. The van der Waals surface area contributed by atoms with Crippen molar-refractivity contribution < 1.29 is 9.21 Å². The standard InChI is InChI=1S/C20H19N3O2/c24-20(23-11-7-14-3-1-2-4-17(14)23)15-6-10-22(13-15)19-16-8-12-25-18(16)5-9-21-19/h1-5,8-9,12,15H,6-7,10-11,13H2. The van der Waals surface area contributed by atoms with Crippen LogP contribution in [0.1, 0.15) is 12.0 Å². The van der Waals surface area contributed by atoms with Gasteiger partial charge in [-0.25, -0.2) is 4.98 Å². The molecule has 0 bridgehead atoms. The topological polar surface area (TPSA) is 49.6 Å². The van der Waals surface area contributed by atoms with Gasteiger partial charge in [0.1, 0.15) is 11.4 Å². The number of rotatable bonds is 2. The van der Waals surface area contributed by atoms with Gasteiger partial charge in [-0.15, -0.1) is 0 Å². The van der Waals surface area contributed by atoms with E-state index in [4.69, 9.17) is 4.42 Å². The van der Waals surface area contributed by atoms with Gasteiger partial charge in [0.2, 0.25) is 5.91 Å². The molecule has 0 radical (unpaired) electrons. The van der Waals surface area contributed by atoms with Crippen LogP contribution in [0.15, 0.2) is 53.3 Å². The van der Waals surface area contributed by atoms with Crippen LogP contribution in [0.4, 0.5) is 11.5 Å². The number of carbonyl (C=O) groups excluding carboxylic acids is 1. The first-order valence-electron chi connectivity index (χ1n) is 8.78. The van der Waals surface area contributed by atoms with Crippen molar-refractivity contribution in [3.05, 3.63) is 54.4 Å². The number of hydrogen-bond acceptors (Lipinski definition) is 4. The van der Waals surface area contributed by atoms with Gasteiger partial charge in [-0.3, -0.25) is 4.79 Å². The number of hydrogen-bond donors (Lipinski definition) is 0. The number of amides is 1. The Balaban J connectivity index is 1.38. The quantitative estimate of drug-likeness (QED) is 0.722. The van der Waals surface area contributed by atoms with Crippen molar-refractivity contribution in [3.8, 4) is 0 Å². The molecule has 0 N–H and O–H groups in total. The average Bonchev–Trinajstić information content (AvgIpc) is 3.38. The molecule has 1 aromatic carbocycles. The molecule has 1 amide bonds. The molecule has 0 saturated carbocycles. The molecule has 126 valence electrons. The minimum atomic E-state index is 0.0233. The highest BCUT2D eigenvalue weighted by Gasteiger charge is 2.35. The molecule has 1 fully saturated rings. The SMILES string of the molecule is O=C(C1CCN(c2nccc3occc23)C1)N1CCc2ccccc21. The second-order valence-corrected chi connectivity index (χ2v) is 6.77. The van der Waals surface area contributed by atoms with Crippen LogP contribution in [0.5, 0.6) is 0 Å². The summed E-state index contributed by atoms with van der Waals surface area (Å²) in [4.78, 5) is 21.8. The van der Waals surface area contributed by atoms with E-state index in [0.717, 1.165) is 55.0 Å².